The molecule has 6 aromatic carbocycles. The molecule has 0 saturated carbocycles. The maximum Gasteiger partial charge on any atom is 0.0988 e. The fourth-order valence-corrected chi connectivity index (χ4v) is 5.73. The number of anilines is 2. The Morgan fingerprint density at radius 2 is 1.25 bits per heavy atom. The van der Waals surface area contributed by atoms with Crippen molar-refractivity contribution in [3.8, 4) is 39.4 Å². The normalized spacial score (nSPS) is 11.5. The first-order valence-electron chi connectivity index (χ1n) is 14.7. The minimum absolute atomic E-state index is 0.562. The van der Waals surface area contributed by atoms with Gasteiger partial charge in [-0.15, -0.1) is 0 Å². The van der Waals surface area contributed by atoms with Crippen LogP contribution in [0.15, 0.2) is 163 Å². The third kappa shape index (κ3) is 5.88. The number of nitrogens with two attached hydrogens (primary N) is 1. The van der Waals surface area contributed by atoms with Crippen molar-refractivity contribution in [3.05, 3.63) is 169 Å². The first-order chi connectivity index (χ1) is 21.7. The fraction of sp³-hybridized carbons (Fsp3) is 0.0488. The van der Waals surface area contributed by atoms with Crippen molar-refractivity contribution in [1.29, 1.82) is 5.26 Å². The van der Waals surface area contributed by atoms with Crippen LogP contribution in [0.3, 0.4) is 0 Å². The predicted molar refractivity (Wildman–Crippen MR) is 185 cm³/mol. The lowest BCUT2D eigenvalue weighted by atomic mass is 9.90. The number of fused-ring (bicyclic) bond motifs is 1. The molecule has 212 valence electrons. The highest BCUT2D eigenvalue weighted by Gasteiger charge is 2.16. The Morgan fingerprint density at radius 3 is 1.93 bits per heavy atom. The minimum atomic E-state index is 0.562. The van der Waals surface area contributed by atoms with E-state index >= 15 is 0 Å². The van der Waals surface area contributed by atoms with Gasteiger partial charge in [0.25, 0.3) is 0 Å². The molecule has 0 aliphatic heterocycles. The summed E-state index contributed by atoms with van der Waals surface area (Å²) in [5.74, 6) is 0. The van der Waals surface area contributed by atoms with Gasteiger partial charge in [-0.25, -0.2) is 0 Å². The van der Waals surface area contributed by atoms with Crippen molar-refractivity contribution in [1.82, 2.24) is 0 Å². The molecule has 6 aromatic rings. The molecule has 0 saturated heterocycles. The Kier molecular flexibility index (Phi) is 8.34. The molecule has 0 aromatic heterocycles. The number of nitrogens with zero attached hydrogens (tertiary/aromatic N) is 2. The van der Waals surface area contributed by atoms with Crippen molar-refractivity contribution in [2.75, 3.05) is 11.9 Å². The van der Waals surface area contributed by atoms with E-state index in [0.29, 0.717) is 12.0 Å². The highest BCUT2D eigenvalue weighted by Crippen LogP contribution is 2.42. The van der Waals surface area contributed by atoms with Gasteiger partial charge in [0.05, 0.1) is 6.07 Å². The van der Waals surface area contributed by atoms with Crippen molar-refractivity contribution < 1.29 is 0 Å². The summed E-state index contributed by atoms with van der Waals surface area (Å²) in [5.41, 5.74) is 16.5. The van der Waals surface area contributed by atoms with Crippen LogP contribution < -0.4 is 10.6 Å². The number of hydrogen-bond donors (Lipinski definition) is 1. The lowest BCUT2D eigenvalue weighted by molar-refractivity contribution is 1.21. The van der Waals surface area contributed by atoms with Crippen LogP contribution in [0.1, 0.15) is 5.56 Å². The first-order valence-corrected chi connectivity index (χ1v) is 14.7. The number of rotatable bonds is 8. The summed E-state index contributed by atoms with van der Waals surface area (Å²) in [6.45, 7) is 0. The van der Waals surface area contributed by atoms with E-state index in [9.17, 15) is 5.26 Å². The van der Waals surface area contributed by atoms with Crippen LogP contribution in [0.25, 0.3) is 44.2 Å². The van der Waals surface area contributed by atoms with Crippen molar-refractivity contribution in [2.24, 2.45) is 5.73 Å². The van der Waals surface area contributed by atoms with Gasteiger partial charge in [0.15, 0.2) is 0 Å². The number of allylic oxidation sites excluding steroid dienone is 3. The maximum absolute atomic E-state index is 9.28. The average molecular weight is 568 g/mol. The number of benzene rings is 6. The van der Waals surface area contributed by atoms with Crippen LogP contribution in [-0.2, 0) is 6.42 Å². The van der Waals surface area contributed by atoms with Crippen LogP contribution in [0.5, 0.6) is 0 Å². The molecule has 0 spiro atoms. The van der Waals surface area contributed by atoms with Gasteiger partial charge in [0.1, 0.15) is 0 Å². The summed E-state index contributed by atoms with van der Waals surface area (Å²) in [4.78, 5) is 2.28. The van der Waals surface area contributed by atoms with E-state index in [1.807, 2.05) is 6.08 Å². The molecule has 0 aliphatic carbocycles. The van der Waals surface area contributed by atoms with Crippen LogP contribution in [-0.4, -0.2) is 7.05 Å². The summed E-state index contributed by atoms with van der Waals surface area (Å²) in [7, 11) is 2.14. The zero-order valence-electron chi connectivity index (χ0n) is 24.7. The standard InChI is InChI=1S/C41H33N3/c1-44(35-12-6-3-7-13-35)41-28-34(32-10-4-2-5-11-32)22-23-40(41)39-25-24-36(37-14-8-9-15-38(37)39)33-20-18-30(19-21-33)16-17-31(29-43)26-27-42/h2-15,17-28H,16,42H2,1H3/b27-26-,31-17+. The van der Waals surface area contributed by atoms with Gasteiger partial charge in [-0.3, -0.25) is 0 Å². The number of para-hydroxylation sites is 1. The summed E-state index contributed by atoms with van der Waals surface area (Å²) >= 11 is 0. The maximum atomic E-state index is 9.28. The van der Waals surface area contributed by atoms with E-state index in [1.165, 1.54) is 44.8 Å². The van der Waals surface area contributed by atoms with Crippen molar-refractivity contribution >= 4 is 22.1 Å². The summed E-state index contributed by atoms with van der Waals surface area (Å²) in [6, 6.07) is 51.8. The third-order valence-corrected chi connectivity index (χ3v) is 8.05. The number of hydrogen-bond acceptors (Lipinski definition) is 3. The van der Waals surface area contributed by atoms with Crippen LogP contribution in [0.2, 0.25) is 0 Å². The molecule has 3 heteroatoms. The van der Waals surface area contributed by atoms with E-state index in [1.54, 1.807) is 6.08 Å². The van der Waals surface area contributed by atoms with Crippen molar-refractivity contribution in [3.63, 3.8) is 0 Å². The quantitative estimate of drug-likeness (QED) is 0.147. The molecule has 0 unspecified atom stereocenters. The van der Waals surface area contributed by atoms with Gasteiger partial charge in [-0.05, 0) is 81.0 Å². The van der Waals surface area contributed by atoms with Gasteiger partial charge in [0, 0.05) is 29.6 Å². The molecule has 0 amide bonds. The molecule has 2 N–H and O–H groups in total. The van der Waals surface area contributed by atoms with Gasteiger partial charge in [-0.2, -0.15) is 5.26 Å². The monoisotopic (exact) mass is 567 g/mol. The zero-order valence-corrected chi connectivity index (χ0v) is 24.7. The molecule has 6 rings (SSSR count). The Balaban J connectivity index is 1.44. The topological polar surface area (TPSA) is 53.0 Å². The van der Waals surface area contributed by atoms with E-state index in [0.717, 1.165) is 22.5 Å². The third-order valence-electron chi connectivity index (χ3n) is 8.05. The first kappa shape index (κ1) is 28.3. The summed E-state index contributed by atoms with van der Waals surface area (Å²) < 4.78 is 0. The largest absolute Gasteiger partial charge is 0.405 e. The van der Waals surface area contributed by atoms with Gasteiger partial charge in [-0.1, -0.05) is 127 Å². The van der Waals surface area contributed by atoms with Gasteiger partial charge < -0.3 is 10.6 Å². The molecule has 0 radical (unpaired) electrons. The highest BCUT2D eigenvalue weighted by atomic mass is 15.1. The minimum Gasteiger partial charge on any atom is -0.405 e. The molecule has 0 bridgehead atoms. The fourth-order valence-electron chi connectivity index (χ4n) is 5.73. The Bertz CT molecular complexity index is 2000. The van der Waals surface area contributed by atoms with Gasteiger partial charge in [0.2, 0.25) is 0 Å². The average Bonchev–Trinajstić information content (AvgIpc) is 3.10. The molecule has 0 atom stereocenters. The molecule has 3 nitrogen and oxygen atoms in total. The van der Waals surface area contributed by atoms with Crippen LogP contribution in [0.4, 0.5) is 11.4 Å². The zero-order chi connectivity index (χ0) is 30.3. The van der Waals surface area contributed by atoms with E-state index in [4.69, 9.17) is 5.73 Å². The van der Waals surface area contributed by atoms with Crippen molar-refractivity contribution in [2.45, 2.75) is 6.42 Å². The Labute approximate surface area is 259 Å². The lowest BCUT2D eigenvalue weighted by Gasteiger charge is -2.25. The summed E-state index contributed by atoms with van der Waals surface area (Å²) in [5, 5.41) is 11.7. The Hall–Kier alpha value is -5.85. The molecule has 0 heterocycles. The Morgan fingerprint density at radius 1 is 0.659 bits per heavy atom. The van der Waals surface area contributed by atoms with Gasteiger partial charge >= 0.3 is 0 Å². The second-order valence-corrected chi connectivity index (χ2v) is 10.7. The SMILES string of the molecule is CN(c1ccccc1)c1cc(-c2ccccc2)ccc1-c1ccc(-c2ccc(C/C=C(C#N)\C=C/N)cc2)c2ccccc12. The van der Waals surface area contributed by atoms with E-state index in [2.05, 4.69) is 158 Å². The lowest BCUT2D eigenvalue weighted by Crippen LogP contribution is -2.10. The molecular weight excluding hydrogens is 534 g/mol. The van der Waals surface area contributed by atoms with Crippen LogP contribution in [0, 0.1) is 11.3 Å². The smallest absolute Gasteiger partial charge is 0.0988 e. The predicted octanol–water partition coefficient (Wildman–Crippen LogP) is 10.1. The van der Waals surface area contributed by atoms with Crippen LogP contribution >= 0.6 is 0 Å². The molecular formula is C41H33N3. The second kappa shape index (κ2) is 13.0. The second-order valence-electron chi connectivity index (χ2n) is 10.7. The van der Waals surface area contributed by atoms with E-state index in [-0.39, 0.29) is 0 Å². The van der Waals surface area contributed by atoms with E-state index < -0.39 is 0 Å². The number of nitriles is 1. The summed E-state index contributed by atoms with van der Waals surface area (Å²) in [6.07, 6.45) is 5.59. The molecule has 0 aliphatic rings. The molecule has 44 heavy (non-hydrogen) atoms. The molecule has 0 fully saturated rings. The highest BCUT2D eigenvalue weighted by molar-refractivity contribution is 6.07.